The molecule has 5 nitrogen and oxygen atoms in total. The third kappa shape index (κ3) is 6.35. The fraction of sp³-hybridized carbons (Fsp3) is 0.360. The Bertz CT molecular complexity index is 1020. The van der Waals surface area contributed by atoms with Crippen LogP contribution < -0.4 is 5.32 Å². The summed E-state index contributed by atoms with van der Waals surface area (Å²) in [5, 5.41) is 4.48. The third-order valence-electron chi connectivity index (χ3n) is 5.43. The number of hydrogen-bond acceptors (Lipinski definition) is 4. The number of rotatable bonds is 11. The van der Waals surface area contributed by atoms with E-state index in [1.807, 2.05) is 54.6 Å². The summed E-state index contributed by atoms with van der Waals surface area (Å²) in [6, 6.07) is 17.1. The summed E-state index contributed by atoms with van der Waals surface area (Å²) in [7, 11) is 1.40. The van der Waals surface area contributed by atoms with Gasteiger partial charge in [-0.15, -0.1) is 0 Å². The minimum absolute atomic E-state index is 0.312. The largest absolute Gasteiger partial charge is 0.468 e. The molecule has 7 heteroatoms. The lowest BCUT2D eigenvalue weighted by atomic mass is 10.1. The van der Waals surface area contributed by atoms with Crippen molar-refractivity contribution >= 4 is 29.2 Å². The number of carbonyl (C=O) groups is 1. The van der Waals surface area contributed by atoms with E-state index in [4.69, 9.17) is 27.9 Å². The van der Waals surface area contributed by atoms with E-state index in [0.29, 0.717) is 29.7 Å². The molecular weight excluding hydrogens is 445 g/mol. The van der Waals surface area contributed by atoms with Gasteiger partial charge in [-0.1, -0.05) is 85.1 Å². The number of benzene rings is 2. The first-order chi connectivity index (χ1) is 15.5. The zero-order chi connectivity index (χ0) is 22.9. The Labute approximate surface area is 199 Å². The Kier molecular flexibility index (Phi) is 9.15. The highest BCUT2D eigenvalue weighted by Gasteiger charge is 2.22. The van der Waals surface area contributed by atoms with Gasteiger partial charge in [0.15, 0.2) is 5.15 Å². The fourth-order valence-electron chi connectivity index (χ4n) is 3.63. The molecule has 3 rings (SSSR count). The van der Waals surface area contributed by atoms with E-state index in [2.05, 4.69) is 21.8 Å². The number of unbranched alkanes of at least 4 members (excludes halogenated alkanes) is 1. The first kappa shape index (κ1) is 24.3. The number of aryl methyl sites for hydroxylation is 1. The van der Waals surface area contributed by atoms with Gasteiger partial charge < -0.3 is 9.30 Å². The number of aromatic nitrogens is 2. The second kappa shape index (κ2) is 12.0. The molecule has 0 fully saturated rings. The molecule has 0 bridgehead atoms. The number of methoxy groups -OCH3 is 1. The van der Waals surface area contributed by atoms with E-state index in [-0.39, 0.29) is 5.97 Å². The normalized spacial score (nSPS) is 12.0. The van der Waals surface area contributed by atoms with Crippen LogP contribution in [-0.4, -0.2) is 28.7 Å². The number of nitrogens with zero attached hydrogens (tertiary/aromatic N) is 2. The Hall–Kier alpha value is -2.34. The number of imidazole rings is 1. The predicted molar refractivity (Wildman–Crippen MR) is 129 cm³/mol. The van der Waals surface area contributed by atoms with E-state index in [0.717, 1.165) is 41.9 Å². The van der Waals surface area contributed by atoms with Gasteiger partial charge in [0.1, 0.15) is 11.9 Å². The number of hydrogen-bond donors (Lipinski definition) is 1. The summed E-state index contributed by atoms with van der Waals surface area (Å²) in [5.41, 5.74) is 2.88. The predicted octanol–water partition coefficient (Wildman–Crippen LogP) is 5.45. The molecule has 2 aromatic carbocycles. The van der Waals surface area contributed by atoms with Gasteiger partial charge in [-0.25, -0.2) is 4.98 Å². The number of carbonyl (C=O) groups excluding carboxylic acids is 1. The van der Waals surface area contributed by atoms with Crippen LogP contribution >= 0.6 is 23.2 Å². The molecular formula is C25H29Cl2N3O2. The van der Waals surface area contributed by atoms with Crippen molar-refractivity contribution in [2.45, 2.75) is 51.7 Å². The van der Waals surface area contributed by atoms with Crippen LogP contribution in [0.1, 0.15) is 42.4 Å². The average molecular weight is 474 g/mol. The molecule has 0 saturated carbocycles. The first-order valence-corrected chi connectivity index (χ1v) is 11.6. The van der Waals surface area contributed by atoms with Crippen molar-refractivity contribution in [1.29, 1.82) is 0 Å². The second-order valence-corrected chi connectivity index (χ2v) is 8.46. The molecule has 0 aliphatic heterocycles. The maximum atomic E-state index is 12.4. The standard InChI is InChI=1S/C25H29Cl2N3O2/c1-3-4-14-23-29-24(27)22(30(23)17-19-12-8-9-13-20(19)26)16-28-21(25(31)32-2)15-18-10-6-5-7-11-18/h5-13,21,28H,3-4,14-17H2,1-2H3/t21-/m0/s1. The van der Waals surface area contributed by atoms with Crippen LogP contribution in [0.5, 0.6) is 0 Å². The highest BCUT2D eigenvalue weighted by Crippen LogP contribution is 2.24. The van der Waals surface area contributed by atoms with Crippen LogP contribution in [-0.2, 0) is 35.5 Å². The molecule has 0 saturated heterocycles. The monoisotopic (exact) mass is 473 g/mol. The van der Waals surface area contributed by atoms with Crippen molar-refractivity contribution in [2.75, 3.05) is 7.11 Å². The lowest BCUT2D eigenvalue weighted by Crippen LogP contribution is -2.39. The summed E-state index contributed by atoms with van der Waals surface area (Å²) in [5.74, 6) is 0.611. The van der Waals surface area contributed by atoms with Crippen LogP contribution in [0.25, 0.3) is 0 Å². The van der Waals surface area contributed by atoms with Gasteiger partial charge in [0.25, 0.3) is 0 Å². The molecule has 1 heterocycles. The molecule has 170 valence electrons. The maximum absolute atomic E-state index is 12.4. The van der Waals surface area contributed by atoms with Crippen molar-refractivity contribution in [3.8, 4) is 0 Å². The molecule has 0 spiro atoms. The first-order valence-electron chi connectivity index (χ1n) is 10.9. The molecule has 0 aliphatic rings. The summed E-state index contributed by atoms with van der Waals surface area (Å²) in [6.45, 7) is 3.10. The Morgan fingerprint density at radius 3 is 2.53 bits per heavy atom. The average Bonchev–Trinajstić information content (AvgIpc) is 3.10. The van der Waals surface area contributed by atoms with Crippen molar-refractivity contribution in [3.05, 3.63) is 87.4 Å². The van der Waals surface area contributed by atoms with Crippen LogP contribution in [0.4, 0.5) is 0 Å². The summed E-state index contributed by atoms with van der Waals surface area (Å²) >= 11 is 13.0. The Morgan fingerprint density at radius 2 is 1.84 bits per heavy atom. The van der Waals surface area contributed by atoms with E-state index < -0.39 is 6.04 Å². The second-order valence-electron chi connectivity index (χ2n) is 7.69. The van der Waals surface area contributed by atoms with E-state index in [9.17, 15) is 4.79 Å². The minimum atomic E-state index is -0.499. The summed E-state index contributed by atoms with van der Waals surface area (Å²) in [6.07, 6.45) is 3.42. The number of ether oxygens (including phenoxy) is 1. The van der Waals surface area contributed by atoms with Crippen LogP contribution in [0, 0.1) is 0 Å². The molecule has 0 amide bonds. The number of esters is 1. The lowest BCUT2D eigenvalue weighted by molar-refractivity contribution is -0.143. The fourth-order valence-corrected chi connectivity index (χ4v) is 4.10. The summed E-state index contributed by atoms with van der Waals surface area (Å²) in [4.78, 5) is 17.1. The van der Waals surface area contributed by atoms with Gasteiger partial charge in [-0.2, -0.15) is 0 Å². The topological polar surface area (TPSA) is 56.1 Å². The van der Waals surface area contributed by atoms with Crippen molar-refractivity contribution < 1.29 is 9.53 Å². The molecule has 0 aliphatic carbocycles. The Morgan fingerprint density at radius 1 is 1.12 bits per heavy atom. The molecule has 0 unspecified atom stereocenters. The lowest BCUT2D eigenvalue weighted by Gasteiger charge is -2.18. The molecule has 1 N–H and O–H groups in total. The van der Waals surface area contributed by atoms with Crippen molar-refractivity contribution in [1.82, 2.24) is 14.9 Å². The Balaban J connectivity index is 1.85. The summed E-state index contributed by atoms with van der Waals surface area (Å²) < 4.78 is 7.14. The quantitative estimate of drug-likeness (QED) is 0.376. The maximum Gasteiger partial charge on any atom is 0.323 e. The van der Waals surface area contributed by atoms with Gasteiger partial charge in [-0.05, 0) is 30.0 Å². The zero-order valence-corrected chi connectivity index (χ0v) is 20.0. The van der Waals surface area contributed by atoms with Gasteiger partial charge in [0.2, 0.25) is 0 Å². The third-order valence-corrected chi connectivity index (χ3v) is 6.10. The highest BCUT2D eigenvalue weighted by molar-refractivity contribution is 6.31. The van der Waals surface area contributed by atoms with E-state index in [1.54, 1.807) is 0 Å². The van der Waals surface area contributed by atoms with Crippen LogP contribution in [0.2, 0.25) is 10.2 Å². The van der Waals surface area contributed by atoms with Crippen LogP contribution in [0.15, 0.2) is 54.6 Å². The van der Waals surface area contributed by atoms with Gasteiger partial charge in [-0.3, -0.25) is 10.1 Å². The van der Waals surface area contributed by atoms with Crippen LogP contribution in [0.3, 0.4) is 0 Å². The smallest absolute Gasteiger partial charge is 0.323 e. The molecule has 0 radical (unpaired) electrons. The van der Waals surface area contributed by atoms with Crippen molar-refractivity contribution in [2.24, 2.45) is 0 Å². The number of halogens is 2. The van der Waals surface area contributed by atoms with Crippen molar-refractivity contribution in [3.63, 3.8) is 0 Å². The van der Waals surface area contributed by atoms with Gasteiger partial charge in [0.05, 0.1) is 19.3 Å². The van der Waals surface area contributed by atoms with E-state index >= 15 is 0 Å². The van der Waals surface area contributed by atoms with E-state index in [1.165, 1.54) is 7.11 Å². The molecule has 3 aromatic rings. The van der Waals surface area contributed by atoms with Gasteiger partial charge >= 0.3 is 5.97 Å². The number of nitrogens with one attached hydrogen (secondary N) is 1. The molecule has 32 heavy (non-hydrogen) atoms. The molecule has 1 atom stereocenters. The molecule has 1 aromatic heterocycles. The minimum Gasteiger partial charge on any atom is -0.468 e. The SMILES string of the molecule is CCCCc1nc(Cl)c(CN[C@@H](Cc2ccccc2)C(=O)OC)n1Cc1ccccc1Cl. The van der Waals surface area contributed by atoms with Gasteiger partial charge in [0, 0.05) is 18.0 Å². The highest BCUT2D eigenvalue weighted by atomic mass is 35.5. The zero-order valence-electron chi connectivity index (χ0n) is 18.5.